The van der Waals surface area contributed by atoms with Crippen LogP contribution in [-0.4, -0.2) is 41.7 Å². The van der Waals surface area contributed by atoms with Crippen molar-refractivity contribution >= 4 is 23.4 Å². The zero-order valence-corrected chi connectivity index (χ0v) is 11.9. The first-order chi connectivity index (χ1) is 8.80. The molecule has 100 valence electrons. The second kappa shape index (κ2) is 6.13. The van der Waals surface area contributed by atoms with Crippen molar-refractivity contribution in [1.82, 2.24) is 9.97 Å². The van der Waals surface area contributed by atoms with Gasteiger partial charge in [0.05, 0.1) is 7.11 Å². The molecule has 2 rings (SSSR count). The number of nitrogens with zero attached hydrogens (tertiary/aromatic N) is 2. The summed E-state index contributed by atoms with van der Waals surface area (Å²) in [6.07, 6.45) is 7.45. The third-order valence-electron chi connectivity index (χ3n) is 3.32. The van der Waals surface area contributed by atoms with E-state index < -0.39 is 0 Å². The first-order valence-electron chi connectivity index (χ1n) is 6.16. The normalized spacial score (nSPS) is 22.8. The fraction of sp³-hybridized carbons (Fsp3) is 0.667. The SMILES string of the molecule is CNc1ncnc(NC2CCCC2SC)c1OC. The maximum absolute atomic E-state index is 5.39. The van der Waals surface area contributed by atoms with Crippen LogP contribution in [0.1, 0.15) is 19.3 Å². The minimum atomic E-state index is 0.466. The Balaban J connectivity index is 2.18. The van der Waals surface area contributed by atoms with Crippen LogP contribution in [0, 0.1) is 0 Å². The van der Waals surface area contributed by atoms with E-state index in [0.29, 0.717) is 22.9 Å². The third-order valence-corrected chi connectivity index (χ3v) is 4.49. The van der Waals surface area contributed by atoms with Gasteiger partial charge in [-0.25, -0.2) is 9.97 Å². The van der Waals surface area contributed by atoms with E-state index in [2.05, 4.69) is 26.9 Å². The second-order valence-corrected chi connectivity index (χ2v) is 5.39. The van der Waals surface area contributed by atoms with E-state index in [1.165, 1.54) is 19.3 Å². The van der Waals surface area contributed by atoms with Crippen molar-refractivity contribution in [3.05, 3.63) is 6.33 Å². The molecule has 1 aliphatic rings. The van der Waals surface area contributed by atoms with Crippen LogP contribution in [0.5, 0.6) is 5.75 Å². The molecule has 0 saturated heterocycles. The van der Waals surface area contributed by atoms with Crippen LogP contribution in [0.15, 0.2) is 6.33 Å². The van der Waals surface area contributed by atoms with Crippen LogP contribution in [-0.2, 0) is 0 Å². The van der Waals surface area contributed by atoms with E-state index in [1.807, 2.05) is 18.8 Å². The Morgan fingerprint density at radius 1 is 1.33 bits per heavy atom. The molecule has 1 saturated carbocycles. The van der Waals surface area contributed by atoms with E-state index in [0.717, 1.165) is 5.82 Å². The summed E-state index contributed by atoms with van der Waals surface area (Å²) in [5.41, 5.74) is 0. The molecule has 0 radical (unpaired) electrons. The molecule has 18 heavy (non-hydrogen) atoms. The Kier molecular flexibility index (Phi) is 4.52. The molecule has 2 atom stereocenters. The topological polar surface area (TPSA) is 59.1 Å². The van der Waals surface area contributed by atoms with Crippen molar-refractivity contribution in [3.8, 4) is 5.75 Å². The van der Waals surface area contributed by atoms with Gasteiger partial charge in [-0.2, -0.15) is 11.8 Å². The quantitative estimate of drug-likeness (QED) is 0.854. The maximum Gasteiger partial charge on any atom is 0.204 e. The molecule has 0 amide bonds. The zero-order valence-electron chi connectivity index (χ0n) is 11.1. The molecule has 1 aliphatic carbocycles. The van der Waals surface area contributed by atoms with E-state index in [1.54, 1.807) is 13.4 Å². The molecule has 0 aliphatic heterocycles. The Labute approximate surface area is 112 Å². The summed E-state index contributed by atoms with van der Waals surface area (Å²) < 4.78 is 5.39. The van der Waals surface area contributed by atoms with Gasteiger partial charge in [-0.3, -0.25) is 0 Å². The molecule has 2 unspecified atom stereocenters. The van der Waals surface area contributed by atoms with Crippen LogP contribution < -0.4 is 15.4 Å². The first kappa shape index (κ1) is 13.3. The summed E-state index contributed by atoms with van der Waals surface area (Å²) >= 11 is 1.92. The lowest BCUT2D eigenvalue weighted by molar-refractivity contribution is 0.414. The average molecular weight is 268 g/mol. The lowest BCUT2D eigenvalue weighted by atomic mass is 10.2. The molecule has 5 nitrogen and oxygen atoms in total. The van der Waals surface area contributed by atoms with Gasteiger partial charge in [0.25, 0.3) is 0 Å². The molecular weight excluding hydrogens is 248 g/mol. The molecular formula is C12H20N4OS. The van der Waals surface area contributed by atoms with Crippen molar-refractivity contribution < 1.29 is 4.74 Å². The third kappa shape index (κ3) is 2.63. The lowest BCUT2D eigenvalue weighted by Crippen LogP contribution is -2.26. The van der Waals surface area contributed by atoms with Crippen LogP contribution in [0.3, 0.4) is 0 Å². The smallest absolute Gasteiger partial charge is 0.204 e. The van der Waals surface area contributed by atoms with Crippen LogP contribution in [0.2, 0.25) is 0 Å². The van der Waals surface area contributed by atoms with Crippen LogP contribution in [0.25, 0.3) is 0 Å². The Morgan fingerprint density at radius 3 is 2.78 bits per heavy atom. The number of ether oxygens (including phenoxy) is 1. The molecule has 0 spiro atoms. The van der Waals surface area contributed by atoms with Gasteiger partial charge in [0.15, 0.2) is 11.6 Å². The molecule has 1 aromatic heterocycles. The molecule has 1 fully saturated rings. The van der Waals surface area contributed by atoms with E-state index in [4.69, 9.17) is 4.74 Å². The molecule has 6 heteroatoms. The van der Waals surface area contributed by atoms with E-state index in [-0.39, 0.29) is 0 Å². The summed E-state index contributed by atoms with van der Waals surface area (Å²) in [5.74, 6) is 2.18. The number of nitrogens with one attached hydrogen (secondary N) is 2. The monoisotopic (exact) mass is 268 g/mol. The fourth-order valence-electron chi connectivity index (χ4n) is 2.40. The van der Waals surface area contributed by atoms with Crippen molar-refractivity contribution in [1.29, 1.82) is 0 Å². The van der Waals surface area contributed by atoms with Gasteiger partial charge in [-0.15, -0.1) is 0 Å². The van der Waals surface area contributed by atoms with Crippen molar-refractivity contribution in [2.75, 3.05) is 31.0 Å². The Hall–Kier alpha value is -1.17. The molecule has 2 N–H and O–H groups in total. The van der Waals surface area contributed by atoms with Gasteiger partial charge in [0, 0.05) is 18.3 Å². The number of rotatable bonds is 5. The van der Waals surface area contributed by atoms with Gasteiger partial charge in [0.2, 0.25) is 5.75 Å². The highest BCUT2D eigenvalue weighted by Crippen LogP contribution is 2.34. The number of anilines is 2. The van der Waals surface area contributed by atoms with Gasteiger partial charge < -0.3 is 15.4 Å². The van der Waals surface area contributed by atoms with E-state index >= 15 is 0 Å². The zero-order chi connectivity index (χ0) is 13.0. The minimum absolute atomic E-state index is 0.466. The number of hydrogen-bond donors (Lipinski definition) is 2. The van der Waals surface area contributed by atoms with Crippen molar-refractivity contribution in [2.24, 2.45) is 0 Å². The molecule has 1 heterocycles. The van der Waals surface area contributed by atoms with Gasteiger partial charge >= 0.3 is 0 Å². The fourth-order valence-corrected chi connectivity index (χ4v) is 3.33. The average Bonchev–Trinajstić information content (AvgIpc) is 2.85. The van der Waals surface area contributed by atoms with Crippen LogP contribution in [0.4, 0.5) is 11.6 Å². The Bertz CT molecular complexity index is 402. The van der Waals surface area contributed by atoms with Gasteiger partial charge in [-0.05, 0) is 19.1 Å². The molecule has 0 bridgehead atoms. The summed E-state index contributed by atoms with van der Waals surface area (Å²) in [6, 6.07) is 0.466. The predicted molar refractivity (Wildman–Crippen MR) is 76.7 cm³/mol. The van der Waals surface area contributed by atoms with Gasteiger partial charge in [0.1, 0.15) is 6.33 Å². The number of methoxy groups -OCH3 is 1. The highest BCUT2D eigenvalue weighted by molar-refractivity contribution is 7.99. The second-order valence-electron chi connectivity index (χ2n) is 4.31. The number of thioether (sulfide) groups is 1. The highest BCUT2D eigenvalue weighted by atomic mass is 32.2. The lowest BCUT2D eigenvalue weighted by Gasteiger charge is -2.21. The van der Waals surface area contributed by atoms with Crippen molar-refractivity contribution in [3.63, 3.8) is 0 Å². The van der Waals surface area contributed by atoms with E-state index in [9.17, 15) is 0 Å². The van der Waals surface area contributed by atoms with Crippen molar-refractivity contribution in [2.45, 2.75) is 30.6 Å². The van der Waals surface area contributed by atoms with Crippen LogP contribution >= 0.6 is 11.8 Å². The molecule has 1 aromatic rings. The number of hydrogen-bond acceptors (Lipinski definition) is 6. The number of aromatic nitrogens is 2. The summed E-state index contributed by atoms with van der Waals surface area (Å²) in [6.45, 7) is 0. The van der Waals surface area contributed by atoms with Gasteiger partial charge in [-0.1, -0.05) is 6.42 Å². The standard InChI is InChI=1S/C12H20N4OS/c1-13-11-10(17-2)12(15-7-14-11)16-8-5-4-6-9(8)18-3/h7-9H,4-6H2,1-3H3,(H2,13,14,15,16). The Morgan fingerprint density at radius 2 is 2.11 bits per heavy atom. The summed E-state index contributed by atoms with van der Waals surface area (Å²) in [7, 11) is 3.47. The first-order valence-corrected chi connectivity index (χ1v) is 7.45. The molecule has 0 aromatic carbocycles. The minimum Gasteiger partial charge on any atom is -0.490 e. The highest BCUT2D eigenvalue weighted by Gasteiger charge is 2.27. The summed E-state index contributed by atoms with van der Waals surface area (Å²) in [4.78, 5) is 8.44. The maximum atomic E-state index is 5.39. The predicted octanol–water partition coefficient (Wildman–Crippen LogP) is 2.22. The largest absolute Gasteiger partial charge is 0.490 e. The summed E-state index contributed by atoms with van der Waals surface area (Å²) in [5, 5.41) is 7.17.